The van der Waals surface area contributed by atoms with E-state index in [1.54, 1.807) is 0 Å². The SMILES string of the molecule is NCCOCCO.NCCOCCO. The van der Waals surface area contributed by atoms with Crippen molar-refractivity contribution in [3.63, 3.8) is 0 Å². The molecular formula is C8H22N2O4. The maximum absolute atomic E-state index is 8.13. The molecule has 0 heterocycles. The number of aliphatic hydroxyl groups excluding tert-OH is 2. The zero-order valence-corrected chi connectivity index (χ0v) is 8.52. The highest BCUT2D eigenvalue weighted by molar-refractivity contribution is 4.29. The van der Waals surface area contributed by atoms with Gasteiger partial charge in [-0.05, 0) is 0 Å². The zero-order valence-electron chi connectivity index (χ0n) is 8.52. The molecular weight excluding hydrogens is 188 g/mol. The lowest BCUT2D eigenvalue weighted by Crippen LogP contribution is -2.10. The van der Waals surface area contributed by atoms with E-state index in [9.17, 15) is 0 Å². The van der Waals surface area contributed by atoms with Crippen molar-refractivity contribution < 1.29 is 19.7 Å². The normalized spacial score (nSPS) is 9.43. The molecule has 0 saturated carbocycles. The molecule has 0 spiro atoms. The van der Waals surface area contributed by atoms with E-state index in [0.717, 1.165) is 0 Å². The molecule has 0 aromatic carbocycles. The Bertz CT molecular complexity index is 67.7. The van der Waals surface area contributed by atoms with Gasteiger partial charge >= 0.3 is 0 Å². The molecule has 0 radical (unpaired) electrons. The molecule has 0 unspecified atom stereocenters. The monoisotopic (exact) mass is 210 g/mol. The fourth-order valence-corrected chi connectivity index (χ4v) is 0.500. The molecule has 6 heteroatoms. The molecule has 0 amide bonds. The second-order valence-electron chi connectivity index (χ2n) is 2.25. The van der Waals surface area contributed by atoms with Gasteiger partial charge in [-0.15, -0.1) is 0 Å². The molecule has 0 rings (SSSR count). The first-order chi connectivity index (χ1) is 6.83. The van der Waals surface area contributed by atoms with Crippen molar-refractivity contribution >= 4 is 0 Å². The standard InChI is InChI=1S/2C4H11NO2/c2*5-1-3-7-4-2-6/h2*6H,1-5H2. The van der Waals surface area contributed by atoms with Gasteiger partial charge in [0.1, 0.15) is 0 Å². The van der Waals surface area contributed by atoms with Crippen LogP contribution >= 0.6 is 0 Å². The van der Waals surface area contributed by atoms with E-state index in [4.69, 9.17) is 31.2 Å². The van der Waals surface area contributed by atoms with Crippen LogP contribution in [0.15, 0.2) is 0 Å². The van der Waals surface area contributed by atoms with Crippen molar-refractivity contribution in [2.75, 3.05) is 52.7 Å². The van der Waals surface area contributed by atoms with E-state index >= 15 is 0 Å². The van der Waals surface area contributed by atoms with Crippen LogP contribution in [-0.4, -0.2) is 62.9 Å². The molecule has 0 saturated heterocycles. The number of hydrogen-bond donors (Lipinski definition) is 4. The average molecular weight is 210 g/mol. The molecule has 0 aliphatic heterocycles. The Labute approximate surface area is 84.8 Å². The van der Waals surface area contributed by atoms with Crippen LogP contribution in [0.25, 0.3) is 0 Å². The van der Waals surface area contributed by atoms with Crippen molar-refractivity contribution in [2.45, 2.75) is 0 Å². The number of ether oxygens (including phenoxy) is 2. The van der Waals surface area contributed by atoms with Crippen molar-refractivity contribution in [1.29, 1.82) is 0 Å². The van der Waals surface area contributed by atoms with Crippen molar-refractivity contribution in [2.24, 2.45) is 11.5 Å². The summed E-state index contributed by atoms with van der Waals surface area (Å²) in [5.41, 5.74) is 10.1. The lowest BCUT2D eigenvalue weighted by Gasteiger charge is -1.95. The smallest absolute Gasteiger partial charge is 0.0698 e. The second-order valence-corrected chi connectivity index (χ2v) is 2.25. The van der Waals surface area contributed by atoms with E-state index in [-0.39, 0.29) is 13.2 Å². The highest BCUT2D eigenvalue weighted by Crippen LogP contribution is 1.67. The minimum Gasteiger partial charge on any atom is -0.394 e. The number of aliphatic hydroxyl groups is 2. The molecule has 0 bridgehead atoms. The van der Waals surface area contributed by atoms with Crippen molar-refractivity contribution in [3.8, 4) is 0 Å². The summed E-state index contributed by atoms with van der Waals surface area (Å²) in [6.07, 6.45) is 0. The Kier molecular flexibility index (Phi) is 21.4. The number of hydrogen-bond acceptors (Lipinski definition) is 6. The maximum atomic E-state index is 8.13. The maximum Gasteiger partial charge on any atom is 0.0698 e. The molecule has 14 heavy (non-hydrogen) atoms. The summed E-state index contributed by atoms with van der Waals surface area (Å²) >= 11 is 0. The third-order valence-corrected chi connectivity index (χ3v) is 0.996. The summed E-state index contributed by atoms with van der Waals surface area (Å²) < 4.78 is 9.51. The Morgan fingerprint density at radius 2 is 1.07 bits per heavy atom. The summed E-state index contributed by atoms with van der Waals surface area (Å²) in [5.74, 6) is 0. The van der Waals surface area contributed by atoms with E-state index in [2.05, 4.69) is 0 Å². The van der Waals surface area contributed by atoms with E-state index < -0.39 is 0 Å². The first kappa shape index (κ1) is 16.2. The quantitative estimate of drug-likeness (QED) is 0.342. The third kappa shape index (κ3) is 22.6. The predicted molar refractivity (Wildman–Crippen MR) is 53.9 cm³/mol. The number of nitrogens with two attached hydrogens (primary N) is 2. The van der Waals surface area contributed by atoms with Gasteiger partial charge in [0, 0.05) is 13.1 Å². The Balaban J connectivity index is 0. The van der Waals surface area contributed by atoms with Crippen LogP contribution in [-0.2, 0) is 9.47 Å². The van der Waals surface area contributed by atoms with Gasteiger partial charge in [0.2, 0.25) is 0 Å². The predicted octanol–water partition coefficient (Wildman–Crippen LogP) is -2.09. The summed E-state index contributed by atoms with van der Waals surface area (Å²) in [6, 6.07) is 0. The average Bonchev–Trinajstić information content (AvgIpc) is 2.21. The molecule has 0 aromatic heterocycles. The fourth-order valence-electron chi connectivity index (χ4n) is 0.500. The highest BCUT2D eigenvalue weighted by atomic mass is 16.5. The van der Waals surface area contributed by atoms with E-state index in [1.807, 2.05) is 0 Å². The number of rotatable bonds is 8. The van der Waals surface area contributed by atoms with Gasteiger partial charge in [-0.2, -0.15) is 0 Å². The van der Waals surface area contributed by atoms with E-state index in [0.29, 0.717) is 39.5 Å². The van der Waals surface area contributed by atoms with Crippen LogP contribution in [0.5, 0.6) is 0 Å². The first-order valence-electron chi connectivity index (χ1n) is 4.60. The van der Waals surface area contributed by atoms with Crippen LogP contribution in [0, 0.1) is 0 Å². The van der Waals surface area contributed by atoms with Crippen LogP contribution < -0.4 is 11.5 Å². The van der Waals surface area contributed by atoms with Crippen LogP contribution in [0.4, 0.5) is 0 Å². The molecule has 0 fully saturated rings. The lowest BCUT2D eigenvalue weighted by molar-refractivity contribution is 0.0976. The molecule has 88 valence electrons. The Morgan fingerprint density at radius 1 is 0.714 bits per heavy atom. The summed E-state index contributed by atoms with van der Waals surface area (Å²) in [7, 11) is 0. The van der Waals surface area contributed by atoms with Gasteiger partial charge in [-0.1, -0.05) is 0 Å². The highest BCUT2D eigenvalue weighted by Gasteiger charge is 1.79. The molecule has 0 aliphatic rings. The Morgan fingerprint density at radius 3 is 1.29 bits per heavy atom. The minimum atomic E-state index is 0.0833. The molecule has 0 aromatic rings. The zero-order chi connectivity index (χ0) is 11.1. The molecule has 6 N–H and O–H groups in total. The van der Waals surface area contributed by atoms with Gasteiger partial charge in [0.15, 0.2) is 0 Å². The van der Waals surface area contributed by atoms with Crippen molar-refractivity contribution in [3.05, 3.63) is 0 Å². The van der Waals surface area contributed by atoms with Gasteiger partial charge in [0.25, 0.3) is 0 Å². The summed E-state index contributed by atoms with van der Waals surface area (Å²) in [5, 5.41) is 16.3. The van der Waals surface area contributed by atoms with Gasteiger partial charge < -0.3 is 31.2 Å². The largest absolute Gasteiger partial charge is 0.394 e. The topological polar surface area (TPSA) is 111 Å². The lowest BCUT2D eigenvalue weighted by atomic mass is 10.7. The van der Waals surface area contributed by atoms with Gasteiger partial charge in [-0.25, -0.2) is 0 Å². The van der Waals surface area contributed by atoms with Crippen LogP contribution in [0.3, 0.4) is 0 Å². The third-order valence-electron chi connectivity index (χ3n) is 0.996. The molecule has 0 atom stereocenters. The van der Waals surface area contributed by atoms with E-state index in [1.165, 1.54) is 0 Å². The Hall–Kier alpha value is -0.240. The minimum absolute atomic E-state index is 0.0833. The summed E-state index contributed by atoms with van der Waals surface area (Å²) in [6.45, 7) is 3.11. The summed E-state index contributed by atoms with van der Waals surface area (Å²) in [4.78, 5) is 0. The van der Waals surface area contributed by atoms with Crippen LogP contribution in [0.1, 0.15) is 0 Å². The first-order valence-corrected chi connectivity index (χ1v) is 4.60. The van der Waals surface area contributed by atoms with Crippen molar-refractivity contribution in [1.82, 2.24) is 0 Å². The molecule has 0 aliphatic carbocycles. The van der Waals surface area contributed by atoms with Crippen LogP contribution in [0.2, 0.25) is 0 Å². The second kappa shape index (κ2) is 18.5. The fraction of sp³-hybridized carbons (Fsp3) is 1.00. The van der Waals surface area contributed by atoms with Gasteiger partial charge in [0.05, 0.1) is 39.6 Å². The molecule has 6 nitrogen and oxygen atoms in total. The van der Waals surface area contributed by atoms with Gasteiger partial charge in [-0.3, -0.25) is 0 Å².